The highest BCUT2D eigenvalue weighted by Crippen LogP contribution is 2.15. The van der Waals surface area contributed by atoms with Crippen LogP contribution in [0.2, 0.25) is 0 Å². The van der Waals surface area contributed by atoms with Crippen molar-refractivity contribution < 1.29 is 9.53 Å². The molecule has 2 aromatic carbocycles. The van der Waals surface area contributed by atoms with Crippen LogP contribution in [0.1, 0.15) is 21.5 Å². The molecule has 0 atom stereocenters. The molecule has 0 saturated carbocycles. The van der Waals surface area contributed by atoms with Crippen molar-refractivity contribution >= 4 is 28.1 Å². The monoisotopic (exact) mass is 409 g/mol. The Labute approximate surface area is 159 Å². The number of halogens is 1. The van der Waals surface area contributed by atoms with E-state index in [-0.39, 0.29) is 5.91 Å². The smallest absolute Gasteiger partial charge is 0.271 e. The molecule has 0 aliphatic carbocycles. The summed E-state index contributed by atoms with van der Waals surface area (Å²) >= 11 is 3.41. The van der Waals surface area contributed by atoms with E-state index in [1.807, 2.05) is 48.5 Å². The molecule has 0 aliphatic heterocycles. The zero-order valence-electron chi connectivity index (χ0n) is 13.8. The minimum atomic E-state index is -0.280. The largest absolute Gasteiger partial charge is 0.489 e. The van der Waals surface area contributed by atoms with Gasteiger partial charge in [-0.05, 0) is 59.7 Å². The lowest BCUT2D eigenvalue weighted by Crippen LogP contribution is -2.17. The molecule has 1 heterocycles. The van der Waals surface area contributed by atoms with Gasteiger partial charge in [0.15, 0.2) is 0 Å². The molecule has 3 aromatic rings. The van der Waals surface area contributed by atoms with Crippen molar-refractivity contribution in [3.8, 4) is 5.75 Å². The van der Waals surface area contributed by atoms with Crippen LogP contribution >= 0.6 is 15.9 Å². The van der Waals surface area contributed by atoms with Crippen LogP contribution in [0, 0.1) is 0 Å². The van der Waals surface area contributed by atoms with Gasteiger partial charge >= 0.3 is 0 Å². The van der Waals surface area contributed by atoms with Crippen molar-refractivity contribution in [3.05, 3.63) is 94.2 Å². The maximum absolute atomic E-state index is 11.9. The molecule has 1 amide bonds. The van der Waals surface area contributed by atoms with Crippen LogP contribution in [-0.4, -0.2) is 17.1 Å². The van der Waals surface area contributed by atoms with E-state index in [4.69, 9.17) is 4.74 Å². The number of hydrogen-bond acceptors (Lipinski definition) is 4. The number of amides is 1. The Kier molecular flexibility index (Phi) is 6.11. The predicted octanol–water partition coefficient (Wildman–Crippen LogP) is 4.19. The summed E-state index contributed by atoms with van der Waals surface area (Å²) in [6.45, 7) is 0.503. The second-order valence-electron chi connectivity index (χ2n) is 5.42. The van der Waals surface area contributed by atoms with E-state index < -0.39 is 0 Å². The number of carbonyl (C=O) groups excluding carboxylic acids is 1. The van der Waals surface area contributed by atoms with E-state index in [0.717, 1.165) is 21.3 Å². The molecule has 130 valence electrons. The molecule has 0 radical (unpaired) electrons. The van der Waals surface area contributed by atoms with Crippen molar-refractivity contribution in [1.82, 2.24) is 10.4 Å². The van der Waals surface area contributed by atoms with Gasteiger partial charge in [0.05, 0.1) is 6.21 Å². The highest BCUT2D eigenvalue weighted by Gasteiger charge is 2.02. The maximum atomic E-state index is 11.9. The Morgan fingerprint density at radius 1 is 1.04 bits per heavy atom. The molecule has 5 nitrogen and oxygen atoms in total. The summed E-state index contributed by atoms with van der Waals surface area (Å²) < 4.78 is 6.79. The molecule has 0 saturated heterocycles. The normalized spacial score (nSPS) is 10.7. The number of hydrazone groups is 1. The fourth-order valence-electron chi connectivity index (χ4n) is 2.13. The van der Waals surface area contributed by atoms with Gasteiger partial charge in [0.25, 0.3) is 5.91 Å². The number of carbonyl (C=O) groups is 1. The van der Waals surface area contributed by atoms with Crippen LogP contribution in [0.25, 0.3) is 0 Å². The van der Waals surface area contributed by atoms with Gasteiger partial charge < -0.3 is 4.74 Å². The number of nitrogens with zero attached hydrogens (tertiary/aromatic N) is 2. The van der Waals surface area contributed by atoms with E-state index in [0.29, 0.717) is 12.2 Å². The van der Waals surface area contributed by atoms with Crippen molar-refractivity contribution in [1.29, 1.82) is 0 Å². The average molecular weight is 410 g/mol. The van der Waals surface area contributed by atoms with Gasteiger partial charge in [0.1, 0.15) is 12.4 Å². The van der Waals surface area contributed by atoms with E-state index in [9.17, 15) is 4.79 Å². The minimum absolute atomic E-state index is 0.280. The number of benzene rings is 2. The third-order valence-corrected chi connectivity index (χ3v) is 4.05. The molecule has 0 aliphatic rings. The molecule has 1 N–H and O–H groups in total. The zero-order chi connectivity index (χ0) is 18.2. The van der Waals surface area contributed by atoms with Crippen LogP contribution in [0.3, 0.4) is 0 Å². The third-order valence-electron chi connectivity index (χ3n) is 3.52. The molecule has 6 heteroatoms. The van der Waals surface area contributed by atoms with Crippen LogP contribution in [0.15, 0.2) is 82.6 Å². The summed E-state index contributed by atoms with van der Waals surface area (Å²) in [5.74, 6) is 0.490. The highest BCUT2D eigenvalue weighted by molar-refractivity contribution is 9.10. The molecule has 0 unspecified atom stereocenters. The van der Waals surface area contributed by atoms with Crippen molar-refractivity contribution in [2.75, 3.05) is 0 Å². The van der Waals surface area contributed by atoms with Gasteiger partial charge in [0.2, 0.25) is 0 Å². The molecule has 1 aromatic heterocycles. The van der Waals surface area contributed by atoms with Gasteiger partial charge in [-0.25, -0.2) is 5.43 Å². The third kappa shape index (κ3) is 5.26. The molecule has 3 rings (SSSR count). The van der Waals surface area contributed by atoms with Gasteiger partial charge in [-0.2, -0.15) is 5.10 Å². The van der Waals surface area contributed by atoms with E-state index in [1.165, 1.54) is 0 Å². The van der Waals surface area contributed by atoms with Crippen LogP contribution in [0.5, 0.6) is 5.75 Å². The Balaban J connectivity index is 1.51. The van der Waals surface area contributed by atoms with Gasteiger partial charge in [-0.15, -0.1) is 0 Å². The SMILES string of the molecule is O=C(N/N=C/c1ccc(OCc2ccc(Br)cc2)cc1)c1ccncc1. The topological polar surface area (TPSA) is 63.6 Å². The van der Waals surface area contributed by atoms with Crippen LogP contribution < -0.4 is 10.2 Å². The summed E-state index contributed by atoms with van der Waals surface area (Å²) in [6.07, 6.45) is 4.70. The summed E-state index contributed by atoms with van der Waals surface area (Å²) in [4.78, 5) is 15.7. The number of aromatic nitrogens is 1. The molecule has 26 heavy (non-hydrogen) atoms. The molecular formula is C20H16BrN3O2. The fraction of sp³-hybridized carbons (Fsp3) is 0.0500. The highest BCUT2D eigenvalue weighted by atomic mass is 79.9. The average Bonchev–Trinajstić information content (AvgIpc) is 2.69. The number of hydrogen-bond donors (Lipinski definition) is 1. The fourth-order valence-corrected chi connectivity index (χ4v) is 2.40. The lowest BCUT2D eigenvalue weighted by Gasteiger charge is -2.06. The first kappa shape index (κ1) is 17.8. The summed E-state index contributed by atoms with van der Waals surface area (Å²) in [6, 6.07) is 18.7. The number of ether oxygens (including phenoxy) is 1. The standard InChI is InChI=1S/C20H16BrN3O2/c21-18-5-1-16(2-6-18)14-26-19-7-3-15(4-8-19)13-23-24-20(25)17-9-11-22-12-10-17/h1-13H,14H2,(H,24,25)/b23-13+. The first-order valence-corrected chi connectivity index (χ1v) is 8.71. The van der Waals surface area contributed by atoms with Crippen molar-refractivity contribution in [2.24, 2.45) is 5.10 Å². The first-order valence-electron chi connectivity index (χ1n) is 7.91. The minimum Gasteiger partial charge on any atom is -0.489 e. The quantitative estimate of drug-likeness (QED) is 0.490. The second kappa shape index (κ2) is 8.92. The Hall–Kier alpha value is -2.99. The Morgan fingerprint density at radius 3 is 2.42 bits per heavy atom. The van der Waals surface area contributed by atoms with Gasteiger partial charge in [-0.1, -0.05) is 28.1 Å². The number of nitrogens with one attached hydrogen (secondary N) is 1. The van der Waals surface area contributed by atoms with Crippen molar-refractivity contribution in [3.63, 3.8) is 0 Å². The van der Waals surface area contributed by atoms with E-state index in [2.05, 4.69) is 31.4 Å². The molecular weight excluding hydrogens is 394 g/mol. The molecule has 0 spiro atoms. The molecule has 0 fully saturated rings. The number of rotatable bonds is 6. The predicted molar refractivity (Wildman–Crippen MR) is 104 cm³/mol. The summed E-state index contributed by atoms with van der Waals surface area (Å²) in [7, 11) is 0. The number of pyridine rings is 1. The van der Waals surface area contributed by atoms with Crippen LogP contribution in [-0.2, 0) is 6.61 Å². The second-order valence-corrected chi connectivity index (χ2v) is 6.33. The summed E-state index contributed by atoms with van der Waals surface area (Å²) in [5, 5.41) is 3.96. The first-order chi connectivity index (χ1) is 12.7. The summed E-state index contributed by atoms with van der Waals surface area (Å²) in [5.41, 5.74) is 4.94. The lowest BCUT2D eigenvalue weighted by atomic mass is 10.2. The maximum Gasteiger partial charge on any atom is 0.271 e. The van der Waals surface area contributed by atoms with E-state index in [1.54, 1.807) is 30.7 Å². The Bertz CT molecular complexity index is 879. The van der Waals surface area contributed by atoms with Crippen LogP contribution in [0.4, 0.5) is 0 Å². The molecule has 0 bridgehead atoms. The zero-order valence-corrected chi connectivity index (χ0v) is 15.4. The Morgan fingerprint density at radius 2 is 1.73 bits per heavy atom. The van der Waals surface area contributed by atoms with Gasteiger partial charge in [0, 0.05) is 22.4 Å². The van der Waals surface area contributed by atoms with Gasteiger partial charge in [-0.3, -0.25) is 9.78 Å². The lowest BCUT2D eigenvalue weighted by molar-refractivity contribution is 0.0955. The van der Waals surface area contributed by atoms with Crippen molar-refractivity contribution in [2.45, 2.75) is 6.61 Å². The van der Waals surface area contributed by atoms with E-state index >= 15 is 0 Å².